The summed E-state index contributed by atoms with van der Waals surface area (Å²) in [6.07, 6.45) is 11.9. The van der Waals surface area contributed by atoms with E-state index in [9.17, 15) is 5.11 Å². The van der Waals surface area contributed by atoms with Gasteiger partial charge < -0.3 is 29.0 Å². The number of aryl methyl sites for hydroxylation is 1. The minimum atomic E-state index is -0.582. The van der Waals surface area contributed by atoms with Crippen molar-refractivity contribution in [1.29, 1.82) is 0 Å². The summed E-state index contributed by atoms with van der Waals surface area (Å²) in [4.78, 5) is 19.0. The second-order valence-electron chi connectivity index (χ2n) is 16.0. The lowest BCUT2D eigenvalue weighted by Gasteiger charge is -2.60. The van der Waals surface area contributed by atoms with E-state index in [-0.39, 0.29) is 40.6 Å². The van der Waals surface area contributed by atoms with E-state index < -0.39 is 5.82 Å². The van der Waals surface area contributed by atoms with Gasteiger partial charge in [0.05, 0.1) is 45.3 Å². The smallest absolute Gasteiger partial charge is 0.319 e. The highest BCUT2D eigenvalue weighted by atomic mass is 19.1. The Kier molecular flexibility index (Phi) is 10.4. The van der Waals surface area contributed by atoms with E-state index in [2.05, 4.69) is 28.1 Å². The third-order valence-electron chi connectivity index (χ3n) is 12.8. The fourth-order valence-electron chi connectivity index (χ4n) is 10.1. The first-order chi connectivity index (χ1) is 26.4. The zero-order valence-electron chi connectivity index (χ0n) is 32.5. The van der Waals surface area contributed by atoms with E-state index in [1.54, 1.807) is 11.1 Å². The molecule has 292 valence electrons. The molecule has 2 saturated heterocycles. The highest BCUT2D eigenvalue weighted by Gasteiger charge is 2.56. The second kappa shape index (κ2) is 15.1. The van der Waals surface area contributed by atoms with E-state index in [0.29, 0.717) is 61.2 Å². The van der Waals surface area contributed by atoms with Crippen LogP contribution in [0.15, 0.2) is 12.3 Å². The molecule has 5 aliphatic rings. The van der Waals surface area contributed by atoms with Gasteiger partial charge in [-0.15, -0.1) is 0 Å². The topological polar surface area (TPSA) is 131 Å². The number of hydrogen-bond donors (Lipinski definition) is 2. The van der Waals surface area contributed by atoms with Crippen LogP contribution < -0.4 is 14.4 Å². The van der Waals surface area contributed by atoms with Crippen molar-refractivity contribution in [3.63, 3.8) is 0 Å². The molecule has 12 nitrogen and oxygen atoms in total. The van der Waals surface area contributed by atoms with Crippen LogP contribution >= 0.6 is 0 Å². The fourth-order valence-corrected chi connectivity index (χ4v) is 10.1. The molecule has 3 aromatic heterocycles. The summed E-state index contributed by atoms with van der Waals surface area (Å²) >= 11 is 0. The molecule has 54 heavy (non-hydrogen) atoms. The summed E-state index contributed by atoms with van der Waals surface area (Å²) in [6, 6.07) is 3.21. The van der Waals surface area contributed by atoms with Crippen molar-refractivity contribution in [3.05, 3.63) is 29.2 Å². The number of aliphatic hydroxyl groups is 1. The highest BCUT2D eigenvalue weighted by Crippen LogP contribution is 2.55. The number of aliphatic hydroxyl groups excluding tert-OH is 1. The summed E-state index contributed by atoms with van der Waals surface area (Å²) in [6.45, 7) is 12.2. The van der Waals surface area contributed by atoms with E-state index >= 15 is 4.39 Å². The van der Waals surface area contributed by atoms with Crippen LogP contribution in [0.1, 0.15) is 95.6 Å². The molecular formula is C41H56FN7O5. The lowest BCUT2D eigenvalue weighted by molar-refractivity contribution is -0.196. The molecule has 13 heteroatoms. The van der Waals surface area contributed by atoms with Crippen molar-refractivity contribution >= 4 is 27.6 Å². The minimum Gasteiger partial charge on any atom is -0.480 e. The van der Waals surface area contributed by atoms with Gasteiger partial charge in [-0.2, -0.15) is 15.1 Å². The Morgan fingerprint density at radius 1 is 1.11 bits per heavy atom. The second-order valence-corrected chi connectivity index (χ2v) is 16.0. The van der Waals surface area contributed by atoms with Gasteiger partial charge in [-0.1, -0.05) is 20.3 Å². The number of piperidine rings is 1. The quantitative estimate of drug-likeness (QED) is 0.109. The van der Waals surface area contributed by atoms with E-state index in [4.69, 9.17) is 33.9 Å². The normalized spacial score (nSPS) is 23.5. The average molecular weight is 746 g/mol. The summed E-state index contributed by atoms with van der Waals surface area (Å²) in [5.74, 6) is 0.212. The monoisotopic (exact) mass is 745 g/mol. The van der Waals surface area contributed by atoms with E-state index in [1.165, 1.54) is 20.0 Å². The van der Waals surface area contributed by atoms with Crippen LogP contribution in [0.3, 0.4) is 0 Å². The number of aromatic nitrogens is 5. The van der Waals surface area contributed by atoms with Gasteiger partial charge in [0, 0.05) is 47.0 Å². The number of benzene rings is 1. The van der Waals surface area contributed by atoms with E-state index in [0.717, 1.165) is 86.7 Å². The van der Waals surface area contributed by atoms with Gasteiger partial charge in [-0.25, -0.2) is 9.37 Å². The molecule has 0 radical (unpaired) electrons. The number of pyridine rings is 1. The molecule has 5 heterocycles. The van der Waals surface area contributed by atoms with Gasteiger partial charge in [0.25, 0.3) is 0 Å². The van der Waals surface area contributed by atoms with Crippen LogP contribution in [-0.2, 0) is 9.47 Å². The number of H-pyrrole nitrogens is 1. The highest BCUT2D eigenvalue weighted by molar-refractivity contribution is 6.01. The van der Waals surface area contributed by atoms with Crippen LogP contribution in [0.4, 0.5) is 10.2 Å². The first-order valence-electron chi connectivity index (χ1n) is 20.2. The number of aromatic amines is 1. The largest absolute Gasteiger partial charge is 0.480 e. The number of ether oxygens (including phenoxy) is 4. The van der Waals surface area contributed by atoms with Crippen molar-refractivity contribution in [1.82, 2.24) is 30.0 Å². The molecule has 2 atom stereocenters. The molecule has 2 N–H and O–H groups in total. The number of hydrogen-bond acceptors (Lipinski definition) is 11. The Morgan fingerprint density at radius 2 is 1.91 bits per heavy atom. The number of halogens is 1. The van der Waals surface area contributed by atoms with Crippen molar-refractivity contribution in [2.45, 2.75) is 103 Å². The van der Waals surface area contributed by atoms with Gasteiger partial charge >= 0.3 is 6.01 Å². The van der Waals surface area contributed by atoms with Crippen LogP contribution in [0.25, 0.3) is 33.1 Å². The summed E-state index contributed by atoms with van der Waals surface area (Å²) in [5.41, 5.74) is 4.27. The number of anilines is 1. The zero-order chi connectivity index (χ0) is 37.6. The predicted octanol–water partition coefficient (Wildman–Crippen LogP) is 6.91. The van der Waals surface area contributed by atoms with Gasteiger partial charge in [0.2, 0.25) is 5.88 Å². The van der Waals surface area contributed by atoms with Gasteiger partial charge in [0.1, 0.15) is 23.3 Å². The summed E-state index contributed by atoms with van der Waals surface area (Å²) in [5, 5.41) is 19.1. The fraction of sp³-hybridized carbons (Fsp3) is 0.659. The number of fused-ring (bicyclic) bond motifs is 3. The lowest BCUT2D eigenvalue weighted by atomic mass is 9.62. The maximum absolute atomic E-state index is 17.4. The van der Waals surface area contributed by atoms with Crippen LogP contribution in [0.2, 0.25) is 0 Å². The third kappa shape index (κ3) is 6.38. The third-order valence-corrected chi connectivity index (χ3v) is 12.8. The standard InChI is InChI=1S/C39H50FN7O5.C2H6/c1-4-50-14-13-46(22-48)35-31-34(32(40)33(42-36(31)49-3)30-26-18-41-45-27(26)15-23(2)29(30)24-8-9-24)43-37(44-35)52-21-39-10-5-7-28(39)47(12-6-11-39)25-16-38(17-25)19-51-20-38;1-2/h15,18,24-25,28,48H,4-14,16-17,19-22H2,1-3H3,(H,41,45);1-2H3. The first-order valence-corrected chi connectivity index (χ1v) is 20.2. The van der Waals surface area contributed by atoms with Gasteiger partial charge in [-0.3, -0.25) is 10.00 Å². The van der Waals surface area contributed by atoms with Crippen LogP contribution in [0.5, 0.6) is 11.9 Å². The number of methoxy groups -OCH3 is 1. The Hall–Kier alpha value is -3.65. The number of likely N-dealkylation sites (tertiary alicyclic amines) is 1. The summed E-state index contributed by atoms with van der Waals surface area (Å²) < 4.78 is 41.2. The molecule has 5 fully saturated rings. The van der Waals surface area contributed by atoms with Gasteiger partial charge in [-0.05, 0) is 94.9 Å². The predicted molar refractivity (Wildman–Crippen MR) is 206 cm³/mol. The van der Waals surface area contributed by atoms with Crippen LogP contribution in [-0.4, -0.2) is 107 Å². The molecule has 9 rings (SSSR count). The first kappa shape index (κ1) is 37.3. The molecule has 2 aliphatic heterocycles. The van der Waals surface area contributed by atoms with Crippen molar-refractivity contribution in [2.75, 3.05) is 64.9 Å². The van der Waals surface area contributed by atoms with Crippen molar-refractivity contribution in [3.8, 4) is 23.1 Å². The zero-order valence-corrected chi connectivity index (χ0v) is 32.5. The van der Waals surface area contributed by atoms with Crippen molar-refractivity contribution in [2.24, 2.45) is 10.8 Å². The maximum Gasteiger partial charge on any atom is 0.319 e. The maximum atomic E-state index is 17.4. The molecule has 0 bridgehead atoms. The molecule has 3 saturated carbocycles. The van der Waals surface area contributed by atoms with E-state index in [1.807, 2.05) is 20.8 Å². The molecule has 0 amide bonds. The minimum absolute atomic E-state index is 0.0194. The lowest BCUT2D eigenvalue weighted by Crippen LogP contribution is -2.64. The Labute approximate surface area is 317 Å². The summed E-state index contributed by atoms with van der Waals surface area (Å²) in [7, 11) is 1.52. The van der Waals surface area contributed by atoms with Gasteiger partial charge in [0.15, 0.2) is 11.6 Å². The Morgan fingerprint density at radius 3 is 2.61 bits per heavy atom. The molecule has 2 unspecified atom stereocenters. The van der Waals surface area contributed by atoms with Crippen molar-refractivity contribution < 1.29 is 28.4 Å². The number of nitrogens with one attached hydrogen (secondary N) is 1. The average Bonchev–Trinajstić information content (AvgIpc) is 3.71. The number of rotatable bonds is 13. The Balaban J connectivity index is 0.00000203. The SMILES string of the molecule is CC.CCOCCN(CO)c1nc(OCC23CCCC2N(C2CC4(COC4)C2)CCC3)nc2c(F)c(-c3c(C4CC4)c(C)cc4[nH]ncc34)nc(OC)c12. The van der Waals surface area contributed by atoms with Crippen LogP contribution in [0, 0.1) is 23.6 Å². The molecule has 4 aromatic rings. The molecular weight excluding hydrogens is 689 g/mol. The molecule has 1 aromatic carbocycles. The molecule has 3 aliphatic carbocycles. The number of nitrogens with zero attached hydrogens (tertiary/aromatic N) is 6. The Bertz CT molecular complexity index is 1970. The molecule has 1 spiro atoms.